The van der Waals surface area contributed by atoms with Crippen molar-refractivity contribution in [3.05, 3.63) is 63.3 Å². The molecule has 1 aromatic heterocycles. The van der Waals surface area contributed by atoms with E-state index in [1.165, 1.54) is 30.8 Å². The number of ether oxygens (including phenoxy) is 1. The molecule has 3 rings (SSSR count). The van der Waals surface area contributed by atoms with Crippen LogP contribution in [0.3, 0.4) is 0 Å². The molecule has 1 atom stereocenters. The Morgan fingerprint density at radius 2 is 1.97 bits per heavy atom. The predicted octanol–water partition coefficient (Wildman–Crippen LogP) is 2.89. The number of benzene rings is 1. The highest BCUT2D eigenvalue weighted by molar-refractivity contribution is 7.88. The molecule has 1 aliphatic rings. The normalized spacial score (nSPS) is 14.9. The third-order valence-corrected chi connectivity index (χ3v) is 6.54. The van der Waals surface area contributed by atoms with Gasteiger partial charge in [-0.2, -0.15) is 0 Å². The molecular formula is C22H25FN2O4S. The van der Waals surface area contributed by atoms with Crippen LogP contribution in [0.1, 0.15) is 42.6 Å². The Balaban J connectivity index is 1.82. The molecule has 1 unspecified atom stereocenters. The molecule has 0 spiro atoms. The van der Waals surface area contributed by atoms with Gasteiger partial charge in [0.15, 0.2) is 0 Å². The summed E-state index contributed by atoms with van der Waals surface area (Å²) in [6.07, 6.45) is 2.15. The van der Waals surface area contributed by atoms with E-state index in [9.17, 15) is 17.6 Å². The summed E-state index contributed by atoms with van der Waals surface area (Å²) in [5, 5.41) is 0. The number of pyridine rings is 1. The molecule has 0 aliphatic heterocycles. The first-order valence-electron chi connectivity index (χ1n) is 9.65. The Morgan fingerprint density at radius 1 is 1.27 bits per heavy atom. The van der Waals surface area contributed by atoms with E-state index >= 15 is 0 Å². The van der Waals surface area contributed by atoms with Gasteiger partial charge in [-0.3, -0.25) is 4.79 Å². The summed E-state index contributed by atoms with van der Waals surface area (Å²) in [6.45, 7) is 3.52. The second-order valence-electron chi connectivity index (χ2n) is 7.66. The maximum absolute atomic E-state index is 14.5. The van der Waals surface area contributed by atoms with Crippen LogP contribution in [0.2, 0.25) is 0 Å². The van der Waals surface area contributed by atoms with Gasteiger partial charge in [0.1, 0.15) is 11.6 Å². The van der Waals surface area contributed by atoms with Crippen LogP contribution in [0.15, 0.2) is 35.1 Å². The van der Waals surface area contributed by atoms with Gasteiger partial charge in [-0.25, -0.2) is 17.1 Å². The Hall–Kier alpha value is -2.63. The van der Waals surface area contributed by atoms with Crippen molar-refractivity contribution in [1.29, 1.82) is 0 Å². The largest absolute Gasteiger partial charge is 0.476 e. The molecule has 0 saturated heterocycles. The van der Waals surface area contributed by atoms with E-state index in [0.29, 0.717) is 22.7 Å². The summed E-state index contributed by atoms with van der Waals surface area (Å²) in [6, 6.07) is 7.22. The van der Waals surface area contributed by atoms with E-state index in [2.05, 4.69) is 11.8 Å². The molecule has 0 bridgehead atoms. The van der Waals surface area contributed by atoms with Crippen LogP contribution in [0.25, 0.3) is 0 Å². The van der Waals surface area contributed by atoms with Gasteiger partial charge in [0.2, 0.25) is 16.0 Å². The van der Waals surface area contributed by atoms with Crippen molar-refractivity contribution < 1.29 is 17.5 Å². The maximum Gasteiger partial charge on any atom is 0.254 e. The lowest BCUT2D eigenvalue weighted by molar-refractivity contribution is 0.361. The quantitative estimate of drug-likeness (QED) is 0.659. The summed E-state index contributed by atoms with van der Waals surface area (Å²) in [5.41, 5.74) is 1.20. The van der Waals surface area contributed by atoms with Crippen LogP contribution >= 0.6 is 0 Å². The summed E-state index contributed by atoms with van der Waals surface area (Å²) in [4.78, 5) is 12.7. The maximum atomic E-state index is 14.5. The third kappa shape index (κ3) is 5.10. The summed E-state index contributed by atoms with van der Waals surface area (Å²) < 4.78 is 46.0. The van der Waals surface area contributed by atoms with Crippen molar-refractivity contribution in [3.8, 4) is 17.6 Å². The van der Waals surface area contributed by atoms with Gasteiger partial charge in [0.05, 0.1) is 11.6 Å². The fourth-order valence-corrected chi connectivity index (χ4v) is 3.45. The monoisotopic (exact) mass is 432 g/mol. The minimum absolute atomic E-state index is 0.170. The first kappa shape index (κ1) is 22.1. The predicted molar refractivity (Wildman–Crippen MR) is 113 cm³/mol. The lowest BCUT2D eigenvalue weighted by Gasteiger charge is -2.20. The zero-order valence-corrected chi connectivity index (χ0v) is 18.3. The first-order chi connectivity index (χ1) is 14.1. The van der Waals surface area contributed by atoms with Gasteiger partial charge < -0.3 is 9.30 Å². The molecule has 6 nitrogen and oxygen atoms in total. The van der Waals surface area contributed by atoms with E-state index in [-0.39, 0.29) is 11.3 Å². The smallest absolute Gasteiger partial charge is 0.254 e. The Kier molecular flexibility index (Phi) is 6.34. The molecule has 1 heterocycles. The highest BCUT2D eigenvalue weighted by Crippen LogP contribution is 2.28. The summed E-state index contributed by atoms with van der Waals surface area (Å²) >= 11 is 0. The van der Waals surface area contributed by atoms with Crippen LogP contribution in [-0.4, -0.2) is 37.3 Å². The Labute approximate surface area is 176 Å². The molecule has 8 heteroatoms. The molecule has 1 saturated carbocycles. The van der Waals surface area contributed by atoms with Crippen molar-refractivity contribution >= 4 is 10.0 Å². The number of halogens is 1. The Morgan fingerprint density at radius 3 is 2.53 bits per heavy atom. The van der Waals surface area contributed by atoms with Crippen LogP contribution in [-0.2, 0) is 10.0 Å². The lowest BCUT2D eigenvalue weighted by atomic mass is 10.0. The standard InChI is InChI=1S/C22H25FN2O4S/c1-15-11-20(29-14-30(27,28)24(3)4)13-22(26)25(15)16(2)19-10-9-18(21(23)12-19)8-7-17-5-6-17/h9-13,16-17H,5-6,14H2,1-4H3. The van der Waals surface area contributed by atoms with Gasteiger partial charge in [-0.15, -0.1) is 0 Å². The van der Waals surface area contributed by atoms with E-state index in [4.69, 9.17) is 4.74 Å². The van der Waals surface area contributed by atoms with Gasteiger partial charge in [-0.05, 0) is 50.5 Å². The van der Waals surface area contributed by atoms with Crippen LogP contribution in [0, 0.1) is 30.5 Å². The van der Waals surface area contributed by atoms with E-state index < -0.39 is 27.8 Å². The van der Waals surface area contributed by atoms with E-state index in [0.717, 1.165) is 17.1 Å². The van der Waals surface area contributed by atoms with Crippen LogP contribution in [0.5, 0.6) is 5.75 Å². The number of hydrogen-bond donors (Lipinski definition) is 0. The summed E-state index contributed by atoms with van der Waals surface area (Å²) in [5.74, 6) is 5.51. The molecule has 1 fully saturated rings. The minimum atomic E-state index is -3.56. The fraction of sp³-hybridized carbons (Fsp3) is 0.409. The number of nitrogens with zero attached hydrogens (tertiary/aromatic N) is 2. The van der Waals surface area contributed by atoms with Crippen molar-refractivity contribution in [1.82, 2.24) is 8.87 Å². The zero-order valence-electron chi connectivity index (χ0n) is 17.5. The molecule has 160 valence electrons. The lowest BCUT2D eigenvalue weighted by Crippen LogP contribution is -2.29. The van der Waals surface area contributed by atoms with Gasteiger partial charge >= 0.3 is 0 Å². The third-order valence-electron chi connectivity index (χ3n) is 5.02. The number of sulfonamides is 1. The summed E-state index contributed by atoms with van der Waals surface area (Å²) in [7, 11) is -0.741. The van der Waals surface area contributed by atoms with Crippen molar-refractivity contribution in [2.45, 2.75) is 32.7 Å². The first-order valence-corrected chi connectivity index (χ1v) is 11.3. The van der Waals surface area contributed by atoms with Crippen molar-refractivity contribution in [2.24, 2.45) is 5.92 Å². The average Bonchev–Trinajstić information content (AvgIpc) is 3.49. The van der Waals surface area contributed by atoms with Crippen molar-refractivity contribution in [2.75, 3.05) is 20.0 Å². The average molecular weight is 433 g/mol. The van der Waals surface area contributed by atoms with E-state index in [1.807, 2.05) is 0 Å². The zero-order chi connectivity index (χ0) is 22.1. The van der Waals surface area contributed by atoms with Crippen molar-refractivity contribution in [3.63, 3.8) is 0 Å². The van der Waals surface area contributed by atoms with Gasteiger partial charge in [0, 0.05) is 31.8 Å². The molecule has 1 aromatic carbocycles. The van der Waals surface area contributed by atoms with E-state index in [1.54, 1.807) is 32.0 Å². The fourth-order valence-electron chi connectivity index (χ4n) is 2.96. The van der Waals surface area contributed by atoms with Gasteiger partial charge in [-0.1, -0.05) is 17.9 Å². The second kappa shape index (κ2) is 8.62. The highest BCUT2D eigenvalue weighted by Gasteiger charge is 2.19. The number of aromatic nitrogens is 1. The molecular weight excluding hydrogens is 407 g/mol. The number of hydrogen-bond acceptors (Lipinski definition) is 4. The van der Waals surface area contributed by atoms with Gasteiger partial charge in [0.25, 0.3) is 5.56 Å². The van der Waals surface area contributed by atoms with Crippen LogP contribution in [0.4, 0.5) is 4.39 Å². The SMILES string of the molecule is Cc1cc(OCS(=O)(=O)N(C)C)cc(=O)n1C(C)c1ccc(C#CC2CC2)c(F)c1. The molecule has 30 heavy (non-hydrogen) atoms. The Bertz CT molecular complexity index is 1170. The minimum Gasteiger partial charge on any atom is -0.476 e. The molecule has 0 N–H and O–H groups in total. The van der Waals surface area contributed by atoms with Crippen LogP contribution < -0.4 is 10.3 Å². The number of rotatable bonds is 6. The topological polar surface area (TPSA) is 68.6 Å². The second-order valence-corrected chi connectivity index (χ2v) is 9.79. The highest BCUT2D eigenvalue weighted by atomic mass is 32.2. The molecule has 0 amide bonds. The molecule has 1 aliphatic carbocycles. The number of aryl methyl sites for hydroxylation is 1. The molecule has 2 aromatic rings. The molecule has 0 radical (unpaired) electrons.